The Morgan fingerprint density at radius 2 is 1.93 bits per heavy atom. The number of nitrogens with zero attached hydrogens (tertiary/aromatic N) is 3. The molecule has 1 aliphatic rings. The lowest BCUT2D eigenvalue weighted by Crippen LogP contribution is -2.46. The van der Waals surface area contributed by atoms with Crippen LogP contribution in [0.25, 0.3) is 0 Å². The highest BCUT2D eigenvalue weighted by Gasteiger charge is 2.21. The van der Waals surface area contributed by atoms with Gasteiger partial charge in [0, 0.05) is 50.9 Å². The topological polar surface area (TPSA) is 115 Å². The molecule has 8 nitrogen and oxygen atoms in total. The molecule has 2 heterocycles. The molecule has 0 unspecified atom stereocenters. The van der Waals surface area contributed by atoms with Crippen molar-refractivity contribution in [3.63, 3.8) is 0 Å². The highest BCUT2D eigenvalue weighted by atomic mass is 16.4. The average molecular weight is 383 g/mol. The average Bonchev–Trinajstić information content (AvgIpc) is 2.68. The molecule has 0 aliphatic carbocycles. The van der Waals surface area contributed by atoms with Crippen molar-refractivity contribution in [2.24, 2.45) is 0 Å². The number of piperazine rings is 1. The lowest BCUT2D eigenvalue weighted by molar-refractivity contribution is 0.0958. The number of aromatic nitrogens is 1. The van der Waals surface area contributed by atoms with E-state index in [1.165, 1.54) is 0 Å². The van der Waals surface area contributed by atoms with Crippen LogP contribution in [0.3, 0.4) is 0 Å². The van der Waals surface area contributed by atoms with Gasteiger partial charge in [0.15, 0.2) is 0 Å². The number of carbonyl (C=O) groups is 1. The van der Waals surface area contributed by atoms with E-state index in [0.717, 1.165) is 49.7 Å². The molecule has 0 saturated carbocycles. The summed E-state index contributed by atoms with van der Waals surface area (Å²) in [6.45, 7) is 6.19. The van der Waals surface area contributed by atoms with E-state index < -0.39 is 7.12 Å². The fourth-order valence-corrected chi connectivity index (χ4v) is 3.51. The van der Waals surface area contributed by atoms with E-state index in [0.29, 0.717) is 16.8 Å². The molecule has 1 saturated heterocycles. The summed E-state index contributed by atoms with van der Waals surface area (Å²) in [6, 6.07) is 9.06. The molecule has 0 bridgehead atoms. The highest BCUT2D eigenvalue weighted by molar-refractivity contribution is 6.60. The standard InChI is InChI=1S/C19H26BN5O3/c1-13-18(6-5-17(23-13)19(26)22-2)25-9-7-24(8-10-25)12-14-3-4-15(20(27)28)16(21)11-14/h3-6,11,27-28H,7-10,12,21H2,1-2H3,(H,22,26). The summed E-state index contributed by atoms with van der Waals surface area (Å²) in [5.41, 5.74) is 10.00. The number of aryl methyl sites for hydroxylation is 1. The molecule has 5 N–H and O–H groups in total. The van der Waals surface area contributed by atoms with E-state index in [4.69, 9.17) is 5.73 Å². The predicted molar refractivity (Wildman–Crippen MR) is 111 cm³/mol. The van der Waals surface area contributed by atoms with Crippen molar-refractivity contribution in [1.29, 1.82) is 0 Å². The van der Waals surface area contributed by atoms with Crippen LogP contribution in [0.2, 0.25) is 0 Å². The molecule has 1 aromatic carbocycles. The van der Waals surface area contributed by atoms with Gasteiger partial charge >= 0.3 is 7.12 Å². The minimum Gasteiger partial charge on any atom is -0.423 e. The van der Waals surface area contributed by atoms with E-state index >= 15 is 0 Å². The molecular weight excluding hydrogens is 357 g/mol. The third-order valence-corrected chi connectivity index (χ3v) is 5.07. The van der Waals surface area contributed by atoms with Gasteiger partial charge in [-0.25, -0.2) is 4.98 Å². The first-order valence-electron chi connectivity index (χ1n) is 9.30. The monoisotopic (exact) mass is 383 g/mol. The second-order valence-corrected chi connectivity index (χ2v) is 6.98. The summed E-state index contributed by atoms with van der Waals surface area (Å²) in [7, 11) is 0.0452. The van der Waals surface area contributed by atoms with Crippen LogP contribution >= 0.6 is 0 Å². The zero-order valence-corrected chi connectivity index (χ0v) is 16.2. The quantitative estimate of drug-likeness (QED) is 0.400. The van der Waals surface area contributed by atoms with Crippen LogP contribution in [0.15, 0.2) is 30.3 Å². The molecule has 1 fully saturated rings. The molecule has 0 spiro atoms. The number of anilines is 2. The Kier molecular flexibility index (Phi) is 6.18. The van der Waals surface area contributed by atoms with Gasteiger partial charge in [0.05, 0.1) is 11.4 Å². The van der Waals surface area contributed by atoms with E-state index in [2.05, 4.69) is 20.1 Å². The highest BCUT2D eigenvalue weighted by Crippen LogP contribution is 2.21. The molecule has 148 valence electrons. The largest absolute Gasteiger partial charge is 0.490 e. The minimum atomic E-state index is -1.55. The van der Waals surface area contributed by atoms with E-state index in [9.17, 15) is 14.8 Å². The number of nitrogens with one attached hydrogen (secondary N) is 1. The molecular formula is C19H26BN5O3. The van der Waals surface area contributed by atoms with Crippen molar-refractivity contribution in [1.82, 2.24) is 15.2 Å². The van der Waals surface area contributed by atoms with E-state index in [1.807, 2.05) is 19.1 Å². The van der Waals surface area contributed by atoms with Gasteiger partial charge in [-0.2, -0.15) is 0 Å². The van der Waals surface area contributed by atoms with Crippen LogP contribution < -0.4 is 21.4 Å². The van der Waals surface area contributed by atoms with Crippen molar-refractivity contribution in [2.45, 2.75) is 13.5 Å². The van der Waals surface area contributed by atoms with Gasteiger partial charge in [-0.15, -0.1) is 0 Å². The summed E-state index contributed by atoms with van der Waals surface area (Å²) in [5.74, 6) is -0.182. The van der Waals surface area contributed by atoms with Crippen LogP contribution in [-0.2, 0) is 6.54 Å². The van der Waals surface area contributed by atoms with Crippen molar-refractivity contribution in [3.8, 4) is 0 Å². The third-order valence-electron chi connectivity index (χ3n) is 5.07. The minimum absolute atomic E-state index is 0.182. The van der Waals surface area contributed by atoms with Crippen LogP contribution in [0, 0.1) is 6.92 Å². The number of pyridine rings is 1. The van der Waals surface area contributed by atoms with Crippen molar-refractivity contribution in [3.05, 3.63) is 47.3 Å². The maximum absolute atomic E-state index is 11.7. The number of amides is 1. The van der Waals surface area contributed by atoms with Crippen molar-refractivity contribution >= 4 is 29.9 Å². The zero-order chi connectivity index (χ0) is 20.3. The Morgan fingerprint density at radius 1 is 1.21 bits per heavy atom. The van der Waals surface area contributed by atoms with Crippen LogP contribution in [0.4, 0.5) is 11.4 Å². The number of nitrogens with two attached hydrogens (primary N) is 1. The number of benzene rings is 1. The number of hydrogen-bond donors (Lipinski definition) is 4. The first-order chi connectivity index (χ1) is 13.4. The Morgan fingerprint density at radius 3 is 2.50 bits per heavy atom. The van der Waals surface area contributed by atoms with Crippen LogP contribution in [0.1, 0.15) is 21.7 Å². The summed E-state index contributed by atoms with van der Waals surface area (Å²) in [4.78, 5) is 20.8. The van der Waals surface area contributed by atoms with Gasteiger partial charge in [0.2, 0.25) is 0 Å². The molecule has 9 heteroatoms. The molecule has 28 heavy (non-hydrogen) atoms. The first-order valence-corrected chi connectivity index (χ1v) is 9.30. The Bertz CT molecular complexity index is 853. The summed E-state index contributed by atoms with van der Waals surface area (Å²) >= 11 is 0. The van der Waals surface area contributed by atoms with Crippen LogP contribution in [0.5, 0.6) is 0 Å². The number of rotatable bonds is 5. The molecule has 0 atom stereocenters. The zero-order valence-electron chi connectivity index (χ0n) is 16.2. The summed E-state index contributed by atoms with van der Waals surface area (Å²) in [5, 5.41) is 21.1. The Hall–Kier alpha value is -2.62. The molecule has 1 amide bonds. The molecule has 1 aliphatic heterocycles. The van der Waals surface area contributed by atoms with Crippen molar-refractivity contribution in [2.75, 3.05) is 43.9 Å². The van der Waals surface area contributed by atoms with Gasteiger partial charge in [-0.1, -0.05) is 12.1 Å². The normalized spacial score (nSPS) is 14.8. The maximum Gasteiger partial charge on any atom is 0.490 e. The van der Waals surface area contributed by atoms with Gasteiger partial charge in [-0.3, -0.25) is 9.69 Å². The lowest BCUT2D eigenvalue weighted by atomic mass is 9.78. The Balaban J connectivity index is 1.60. The SMILES string of the molecule is CNC(=O)c1ccc(N2CCN(Cc3ccc(B(O)O)c(N)c3)CC2)c(C)n1. The van der Waals surface area contributed by atoms with Gasteiger partial charge in [0.25, 0.3) is 5.91 Å². The molecule has 1 aromatic heterocycles. The summed E-state index contributed by atoms with van der Waals surface area (Å²) < 4.78 is 0. The van der Waals surface area contributed by atoms with Gasteiger partial charge in [0.1, 0.15) is 5.69 Å². The third kappa shape index (κ3) is 4.44. The number of carbonyl (C=O) groups excluding carboxylic acids is 1. The van der Waals surface area contributed by atoms with Crippen molar-refractivity contribution < 1.29 is 14.8 Å². The van der Waals surface area contributed by atoms with Gasteiger partial charge in [-0.05, 0) is 30.7 Å². The molecule has 0 radical (unpaired) electrons. The fraction of sp³-hybridized carbons (Fsp3) is 0.368. The van der Waals surface area contributed by atoms with Gasteiger partial charge < -0.3 is 26.0 Å². The van der Waals surface area contributed by atoms with E-state index in [1.54, 1.807) is 25.2 Å². The predicted octanol–water partition coefficient (Wildman–Crippen LogP) is -0.666. The second kappa shape index (κ2) is 8.60. The number of hydrogen-bond acceptors (Lipinski definition) is 7. The van der Waals surface area contributed by atoms with E-state index in [-0.39, 0.29) is 5.91 Å². The number of nitrogen functional groups attached to an aromatic ring is 1. The Labute approximate surface area is 165 Å². The molecule has 3 rings (SSSR count). The first kappa shape index (κ1) is 20.1. The lowest BCUT2D eigenvalue weighted by Gasteiger charge is -2.36. The maximum atomic E-state index is 11.7. The summed E-state index contributed by atoms with van der Waals surface area (Å²) in [6.07, 6.45) is 0. The second-order valence-electron chi connectivity index (χ2n) is 6.98. The fourth-order valence-electron chi connectivity index (χ4n) is 3.51. The van der Waals surface area contributed by atoms with Crippen LogP contribution in [-0.4, -0.2) is 66.2 Å². The smallest absolute Gasteiger partial charge is 0.423 e. The molecule has 2 aromatic rings.